The number of aromatic nitrogens is 2. The highest BCUT2D eigenvalue weighted by Gasteiger charge is 2.09. The van der Waals surface area contributed by atoms with E-state index in [1.54, 1.807) is 32.0 Å². The molecule has 2 rings (SSSR count). The number of nitrogens with one attached hydrogen (secondary N) is 1. The zero-order valence-corrected chi connectivity index (χ0v) is 10.9. The van der Waals surface area contributed by atoms with E-state index in [4.69, 9.17) is 23.2 Å². The van der Waals surface area contributed by atoms with Crippen LogP contribution in [0.25, 0.3) is 11.3 Å². The van der Waals surface area contributed by atoms with Gasteiger partial charge < -0.3 is 4.98 Å². The van der Waals surface area contributed by atoms with E-state index in [1.165, 1.54) is 0 Å². The zero-order valence-electron chi connectivity index (χ0n) is 9.34. The van der Waals surface area contributed by atoms with Gasteiger partial charge in [-0.2, -0.15) is 0 Å². The molecule has 0 aliphatic carbocycles. The van der Waals surface area contributed by atoms with Crippen LogP contribution in [0.1, 0.15) is 11.4 Å². The van der Waals surface area contributed by atoms with Crippen molar-refractivity contribution in [1.82, 2.24) is 9.97 Å². The van der Waals surface area contributed by atoms with Crippen LogP contribution in [-0.2, 0) is 0 Å². The fourth-order valence-corrected chi connectivity index (χ4v) is 2.14. The van der Waals surface area contributed by atoms with Gasteiger partial charge in [-0.25, -0.2) is 4.98 Å². The molecule has 0 saturated carbocycles. The van der Waals surface area contributed by atoms with Crippen molar-refractivity contribution in [3.05, 3.63) is 50.0 Å². The summed E-state index contributed by atoms with van der Waals surface area (Å²) in [5.74, 6) is 0.562. The van der Waals surface area contributed by atoms with Crippen LogP contribution in [0.15, 0.2) is 23.0 Å². The maximum absolute atomic E-state index is 11.6. The molecule has 1 aromatic carbocycles. The van der Waals surface area contributed by atoms with Crippen LogP contribution in [-0.4, -0.2) is 9.97 Å². The van der Waals surface area contributed by atoms with Crippen molar-refractivity contribution in [1.29, 1.82) is 0 Å². The smallest absolute Gasteiger partial charge is 0.254 e. The van der Waals surface area contributed by atoms with Gasteiger partial charge in [-0.15, -0.1) is 0 Å². The van der Waals surface area contributed by atoms with Gasteiger partial charge in [0.15, 0.2) is 0 Å². The van der Waals surface area contributed by atoms with Gasteiger partial charge in [0.25, 0.3) is 5.56 Å². The van der Waals surface area contributed by atoms with E-state index >= 15 is 0 Å². The Labute approximate surface area is 108 Å². The summed E-state index contributed by atoms with van der Waals surface area (Å²) in [7, 11) is 0. The third kappa shape index (κ3) is 2.51. The third-order valence-corrected chi connectivity index (χ3v) is 2.84. The number of nitrogens with zero attached hydrogens (tertiary/aromatic N) is 1. The lowest BCUT2D eigenvalue weighted by Gasteiger charge is -2.06. The second-order valence-corrected chi connectivity index (χ2v) is 4.66. The zero-order chi connectivity index (χ0) is 12.6. The van der Waals surface area contributed by atoms with Gasteiger partial charge in [0.05, 0.1) is 5.69 Å². The van der Waals surface area contributed by atoms with Crippen molar-refractivity contribution < 1.29 is 0 Å². The van der Waals surface area contributed by atoms with Gasteiger partial charge in [-0.3, -0.25) is 4.79 Å². The molecular formula is C12H10Cl2N2O. The molecule has 88 valence electrons. The number of benzene rings is 1. The van der Waals surface area contributed by atoms with Crippen LogP contribution in [0.2, 0.25) is 10.0 Å². The minimum atomic E-state index is -0.149. The molecule has 0 radical (unpaired) electrons. The molecule has 0 atom stereocenters. The third-order valence-electron chi connectivity index (χ3n) is 2.41. The van der Waals surface area contributed by atoms with Crippen LogP contribution in [0.3, 0.4) is 0 Å². The Morgan fingerprint density at radius 1 is 1.12 bits per heavy atom. The van der Waals surface area contributed by atoms with Gasteiger partial charge in [0.2, 0.25) is 0 Å². The first-order chi connectivity index (χ1) is 7.97. The molecule has 1 aromatic heterocycles. The molecule has 0 amide bonds. The van der Waals surface area contributed by atoms with Gasteiger partial charge in [0, 0.05) is 21.2 Å². The van der Waals surface area contributed by atoms with E-state index in [1.807, 2.05) is 0 Å². The average Bonchev–Trinajstić information content (AvgIpc) is 2.22. The van der Waals surface area contributed by atoms with Crippen LogP contribution < -0.4 is 5.56 Å². The molecule has 0 aliphatic heterocycles. The van der Waals surface area contributed by atoms with E-state index in [2.05, 4.69) is 9.97 Å². The van der Waals surface area contributed by atoms with Crippen molar-refractivity contribution in [3.8, 4) is 11.3 Å². The fraction of sp³-hybridized carbons (Fsp3) is 0.167. The summed E-state index contributed by atoms with van der Waals surface area (Å²) in [5, 5.41) is 1.04. The highest BCUT2D eigenvalue weighted by Crippen LogP contribution is 2.26. The molecule has 2 aromatic rings. The molecule has 1 N–H and O–H groups in total. The SMILES string of the molecule is Cc1nc(-c2cc(Cl)cc(Cl)c2)c(C)c(=O)[nH]1. The number of hydrogen-bond donors (Lipinski definition) is 1. The number of halogens is 2. The molecule has 0 spiro atoms. The lowest BCUT2D eigenvalue weighted by atomic mass is 10.1. The molecule has 1 heterocycles. The van der Waals surface area contributed by atoms with Crippen molar-refractivity contribution in [2.75, 3.05) is 0 Å². The van der Waals surface area contributed by atoms with Gasteiger partial charge >= 0.3 is 0 Å². The van der Waals surface area contributed by atoms with E-state index in [9.17, 15) is 4.79 Å². The summed E-state index contributed by atoms with van der Waals surface area (Å²) < 4.78 is 0. The second-order valence-electron chi connectivity index (χ2n) is 3.78. The molecule has 0 aliphatic rings. The molecule has 0 unspecified atom stereocenters. The number of rotatable bonds is 1. The first-order valence-corrected chi connectivity index (χ1v) is 5.77. The number of aromatic amines is 1. The summed E-state index contributed by atoms with van der Waals surface area (Å²) in [6.45, 7) is 3.45. The summed E-state index contributed by atoms with van der Waals surface area (Å²) in [6.07, 6.45) is 0. The highest BCUT2D eigenvalue weighted by molar-refractivity contribution is 6.35. The van der Waals surface area contributed by atoms with Crippen molar-refractivity contribution >= 4 is 23.2 Å². The van der Waals surface area contributed by atoms with E-state index in [0.717, 1.165) is 5.56 Å². The fourth-order valence-electron chi connectivity index (χ4n) is 1.62. The molecule has 17 heavy (non-hydrogen) atoms. The molecular weight excluding hydrogens is 259 g/mol. The Morgan fingerprint density at radius 3 is 2.29 bits per heavy atom. The Bertz CT molecular complexity index is 615. The summed E-state index contributed by atoms with van der Waals surface area (Å²) >= 11 is 11.9. The predicted octanol–water partition coefficient (Wildman–Crippen LogP) is 3.36. The summed E-state index contributed by atoms with van der Waals surface area (Å²) in [6, 6.07) is 5.12. The minimum Gasteiger partial charge on any atom is -0.311 e. The quantitative estimate of drug-likeness (QED) is 0.862. The standard InChI is InChI=1S/C12H10Cl2N2O/c1-6-11(15-7(2)16-12(6)17)8-3-9(13)5-10(14)4-8/h3-5H,1-2H3,(H,15,16,17). The molecule has 0 fully saturated rings. The topological polar surface area (TPSA) is 45.8 Å². The summed E-state index contributed by atoms with van der Waals surface area (Å²) in [5.41, 5.74) is 1.75. The van der Waals surface area contributed by atoms with Crippen LogP contribution in [0.5, 0.6) is 0 Å². The minimum absolute atomic E-state index is 0.149. The Balaban J connectivity index is 2.72. The number of aryl methyl sites for hydroxylation is 1. The highest BCUT2D eigenvalue weighted by atomic mass is 35.5. The largest absolute Gasteiger partial charge is 0.311 e. The van der Waals surface area contributed by atoms with Crippen LogP contribution >= 0.6 is 23.2 Å². The van der Waals surface area contributed by atoms with Crippen molar-refractivity contribution in [2.45, 2.75) is 13.8 Å². The molecule has 0 bridgehead atoms. The molecule has 3 nitrogen and oxygen atoms in total. The number of hydrogen-bond acceptors (Lipinski definition) is 2. The Morgan fingerprint density at radius 2 is 1.71 bits per heavy atom. The molecule has 0 saturated heterocycles. The monoisotopic (exact) mass is 268 g/mol. The summed E-state index contributed by atoms with van der Waals surface area (Å²) in [4.78, 5) is 18.6. The van der Waals surface area contributed by atoms with Crippen molar-refractivity contribution in [3.63, 3.8) is 0 Å². The maximum Gasteiger partial charge on any atom is 0.254 e. The van der Waals surface area contributed by atoms with E-state index in [0.29, 0.717) is 27.1 Å². The normalized spacial score (nSPS) is 10.6. The lowest BCUT2D eigenvalue weighted by molar-refractivity contribution is 0.999. The number of H-pyrrole nitrogens is 1. The van der Waals surface area contributed by atoms with E-state index in [-0.39, 0.29) is 5.56 Å². The first-order valence-electron chi connectivity index (χ1n) is 5.01. The van der Waals surface area contributed by atoms with Gasteiger partial charge in [0.1, 0.15) is 5.82 Å². The maximum atomic E-state index is 11.6. The molecule has 5 heteroatoms. The second kappa shape index (κ2) is 4.51. The van der Waals surface area contributed by atoms with Crippen molar-refractivity contribution in [2.24, 2.45) is 0 Å². The van der Waals surface area contributed by atoms with Gasteiger partial charge in [-0.05, 0) is 32.0 Å². The Kier molecular flexibility index (Phi) is 3.22. The first kappa shape index (κ1) is 12.1. The Hall–Kier alpha value is -1.32. The van der Waals surface area contributed by atoms with Gasteiger partial charge in [-0.1, -0.05) is 23.2 Å². The lowest BCUT2D eigenvalue weighted by Crippen LogP contribution is -2.14. The average molecular weight is 269 g/mol. The van der Waals surface area contributed by atoms with Crippen LogP contribution in [0, 0.1) is 13.8 Å². The van der Waals surface area contributed by atoms with E-state index < -0.39 is 0 Å². The predicted molar refractivity (Wildman–Crippen MR) is 69.8 cm³/mol. The van der Waals surface area contributed by atoms with Crippen LogP contribution in [0.4, 0.5) is 0 Å².